The van der Waals surface area contributed by atoms with E-state index in [1.165, 1.54) is 12.1 Å². The van der Waals surface area contributed by atoms with Gasteiger partial charge in [0.15, 0.2) is 0 Å². The van der Waals surface area contributed by atoms with Crippen LogP contribution in [-0.2, 0) is 11.2 Å². The number of rotatable bonds is 4. The number of halogens is 1. The first-order chi connectivity index (χ1) is 6.89. The monoisotopic (exact) mass is 210 g/mol. The lowest BCUT2D eigenvalue weighted by molar-refractivity contribution is -0.139. The Balaban J connectivity index is 2.68. The molecule has 1 rings (SSSR count). The molecule has 1 aromatic rings. The van der Waals surface area contributed by atoms with E-state index in [-0.39, 0.29) is 17.7 Å². The Labute approximate surface area is 88.7 Å². The number of carboxylic acids is 1. The second kappa shape index (κ2) is 4.43. The van der Waals surface area contributed by atoms with Gasteiger partial charge in [-0.25, -0.2) is 4.39 Å². The van der Waals surface area contributed by atoms with Crippen LogP contribution in [0.5, 0.6) is 0 Å². The zero-order valence-electron chi connectivity index (χ0n) is 8.96. The van der Waals surface area contributed by atoms with Gasteiger partial charge in [-0.2, -0.15) is 0 Å². The van der Waals surface area contributed by atoms with Gasteiger partial charge in [-0.05, 0) is 29.5 Å². The second-order valence-corrected chi connectivity index (χ2v) is 4.54. The first kappa shape index (κ1) is 11.7. The van der Waals surface area contributed by atoms with Crippen molar-refractivity contribution in [2.75, 3.05) is 0 Å². The van der Waals surface area contributed by atoms with Crippen molar-refractivity contribution in [2.45, 2.75) is 26.7 Å². The molecular weight excluding hydrogens is 195 g/mol. The molecule has 0 heterocycles. The molecule has 82 valence electrons. The maximum atomic E-state index is 12.6. The lowest BCUT2D eigenvalue weighted by atomic mass is 9.83. The number of aliphatic carboxylic acids is 1. The summed E-state index contributed by atoms with van der Waals surface area (Å²) in [7, 11) is 0. The van der Waals surface area contributed by atoms with Crippen molar-refractivity contribution in [3.63, 3.8) is 0 Å². The quantitative estimate of drug-likeness (QED) is 0.829. The predicted molar refractivity (Wildman–Crippen MR) is 56.1 cm³/mol. The van der Waals surface area contributed by atoms with Gasteiger partial charge in [0.2, 0.25) is 0 Å². The Hall–Kier alpha value is -1.38. The molecule has 0 saturated heterocycles. The van der Waals surface area contributed by atoms with E-state index in [4.69, 9.17) is 5.11 Å². The molecule has 2 nitrogen and oxygen atoms in total. The normalized spacial score (nSPS) is 11.4. The maximum Gasteiger partial charge on any atom is 0.303 e. The van der Waals surface area contributed by atoms with Gasteiger partial charge >= 0.3 is 5.97 Å². The molecule has 15 heavy (non-hydrogen) atoms. The van der Waals surface area contributed by atoms with Crippen LogP contribution in [0.15, 0.2) is 24.3 Å². The minimum Gasteiger partial charge on any atom is -0.481 e. The number of carbonyl (C=O) groups is 1. The fourth-order valence-electron chi connectivity index (χ4n) is 1.63. The van der Waals surface area contributed by atoms with Gasteiger partial charge in [-0.3, -0.25) is 4.79 Å². The molecule has 0 radical (unpaired) electrons. The SMILES string of the molecule is CC(C)(CC(=O)O)Cc1ccc(F)cc1. The summed E-state index contributed by atoms with van der Waals surface area (Å²) < 4.78 is 12.6. The second-order valence-electron chi connectivity index (χ2n) is 4.54. The van der Waals surface area contributed by atoms with Crippen molar-refractivity contribution >= 4 is 5.97 Å². The van der Waals surface area contributed by atoms with Crippen LogP contribution in [0.25, 0.3) is 0 Å². The van der Waals surface area contributed by atoms with E-state index in [0.29, 0.717) is 6.42 Å². The summed E-state index contributed by atoms with van der Waals surface area (Å²) in [4.78, 5) is 10.6. The molecule has 0 aliphatic carbocycles. The largest absolute Gasteiger partial charge is 0.481 e. The lowest BCUT2D eigenvalue weighted by Gasteiger charge is -2.22. The molecule has 0 aliphatic rings. The summed E-state index contributed by atoms with van der Waals surface area (Å²) in [5.74, 6) is -1.07. The summed E-state index contributed by atoms with van der Waals surface area (Å²) in [5.41, 5.74) is 0.659. The minimum absolute atomic E-state index is 0.115. The summed E-state index contributed by atoms with van der Waals surface area (Å²) in [6, 6.07) is 6.18. The van der Waals surface area contributed by atoms with Gasteiger partial charge in [-0.1, -0.05) is 26.0 Å². The predicted octanol–water partition coefficient (Wildman–Crippen LogP) is 2.87. The molecule has 0 bridgehead atoms. The Morgan fingerprint density at radius 1 is 1.33 bits per heavy atom. The van der Waals surface area contributed by atoms with Gasteiger partial charge in [-0.15, -0.1) is 0 Å². The summed E-state index contributed by atoms with van der Waals surface area (Å²) in [6.45, 7) is 3.79. The summed E-state index contributed by atoms with van der Waals surface area (Å²) in [6.07, 6.45) is 0.754. The zero-order valence-corrected chi connectivity index (χ0v) is 8.96. The van der Waals surface area contributed by atoms with Crippen molar-refractivity contribution in [3.8, 4) is 0 Å². The van der Waals surface area contributed by atoms with Crippen molar-refractivity contribution < 1.29 is 14.3 Å². The number of hydrogen-bond acceptors (Lipinski definition) is 1. The molecule has 0 spiro atoms. The van der Waals surface area contributed by atoms with Crippen LogP contribution in [0.2, 0.25) is 0 Å². The van der Waals surface area contributed by atoms with E-state index in [1.54, 1.807) is 12.1 Å². The third-order valence-corrected chi connectivity index (χ3v) is 2.23. The Morgan fingerprint density at radius 2 is 1.87 bits per heavy atom. The smallest absolute Gasteiger partial charge is 0.303 e. The summed E-state index contributed by atoms with van der Waals surface area (Å²) in [5, 5.41) is 8.71. The molecule has 0 aromatic heterocycles. The first-order valence-electron chi connectivity index (χ1n) is 4.85. The van der Waals surface area contributed by atoms with Crippen LogP contribution >= 0.6 is 0 Å². The molecule has 1 N–H and O–H groups in total. The van der Waals surface area contributed by atoms with Crippen LogP contribution in [0, 0.1) is 11.2 Å². The molecule has 0 unspecified atom stereocenters. The van der Waals surface area contributed by atoms with Crippen LogP contribution in [-0.4, -0.2) is 11.1 Å². The van der Waals surface area contributed by atoms with Crippen molar-refractivity contribution in [1.29, 1.82) is 0 Å². The van der Waals surface area contributed by atoms with Crippen LogP contribution in [0.4, 0.5) is 4.39 Å². The van der Waals surface area contributed by atoms with E-state index in [2.05, 4.69) is 0 Å². The Kier molecular flexibility index (Phi) is 3.45. The van der Waals surface area contributed by atoms with E-state index in [1.807, 2.05) is 13.8 Å². The fraction of sp³-hybridized carbons (Fsp3) is 0.417. The van der Waals surface area contributed by atoms with Gasteiger partial charge in [0.05, 0.1) is 6.42 Å². The zero-order chi connectivity index (χ0) is 11.5. The van der Waals surface area contributed by atoms with E-state index >= 15 is 0 Å². The highest BCUT2D eigenvalue weighted by Crippen LogP contribution is 2.25. The van der Waals surface area contributed by atoms with Crippen molar-refractivity contribution in [2.24, 2.45) is 5.41 Å². The number of carboxylic acid groups (broad SMARTS) is 1. The molecule has 0 saturated carbocycles. The Morgan fingerprint density at radius 3 is 2.33 bits per heavy atom. The van der Waals surface area contributed by atoms with Crippen molar-refractivity contribution in [3.05, 3.63) is 35.6 Å². The standard InChI is InChI=1S/C12H15FO2/c1-12(2,8-11(14)15)7-9-3-5-10(13)6-4-9/h3-6H,7-8H2,1-2H3,(H,14,15). The number of hydrogen-bond donors (Lipinski definition) is 1. The average Bonchev–Trinajstić information content (AvgIpc) is 2.06. The van der Waals surface area contributed by atoms with Gasteiger partial charge in [0.25, 0.3) is 0 Å². The van der Waals surface area contributed by atoms with E-state index in [0.717, 1.165) is 5.56 Å². The molecular formula is C12H15FO2. The molecule has 0 atom stereocenters. The maximum absolute atomic E-state index is 12.6. The van der Waals surface area contributed by atoms with Crippen LogP contribution in [0.1, 0.15) is 25.8 Å². The first-order valence-corrected chi connectivity index (χ1v) is 4.85. The molecule has 0 fully saturated rings. The molecule has 1 aromatic carbocycles. The van der Waals surface area contributed by atoms with Gasteiger partial charge < -0.3 is 5.11 Å². The highest BCUT2D eigenvalue weighted by Gasteiger charge is 2.22. The highest BCUT2D eigenvalue weighted by molar-refractivity contribution is 5.67. The molecule has 0 amide bonds. The van der Waals surface area contributed by atoms with Crippen LogP contribution in [0.3, 0.4) is 0 Å². The van der Waals surface area contributed by atoms with Crippen LogP contribution < -0.4 is 0 Å². The lowest BCUT2D eigenvalue weighted by Crippen LogP contribution is -2.19. The molecule has 0 aliphatic heterocycles. The van der Waals surface area contributed by atoms with E-state index < -0.39 is 5.97 Å². The molecule has 3 heteroatoms. The van der Waals surface area contributed by atoms with Crippen molar-refractivity contribution in [1.82, 2.24) is 0 Å². The summed E-state index contributed by atoms with van der Waals surface area (Å²) >= 11 is 0. The van der Waals surface area contributed by atoms with E-state index in [9.17, 15) is 9.18 Å². The minimum atomic E-state index is -0.804. The topological polar surface area (TPSA) is 37.3 Å². The fourth-order valence-corrected chi connectivity index (χ4v) is 1.63. The highest BCUT2D eigenvalue weighted by atomic mass is 19.1. The number of benzene rings is 1. The average molecular weight is 210 g/mol. The Bertz CT molecular complexity index is 341. The van der Waals surface area contributed by atoms with Gasteiger partial charge in [0.1, 0.15) is 5.82 Å². The van der Waals surface area contributed by atoms with Gasteiger partial charge in [0, 0.05) is 0 Å². The third-order valence-electron chi connectivity index (χ3n) is 2.23. The third kappa shape index (κ3) is 4.11.